The molecule has 7 heteroatoms. The van der Waals surface area contributed by atoms with E-state index in [1.165, 1.54) is 29.6 Å². The molecule has 0 saturated carbocycles. The van der Waals surface area contributed by atoms with Crippen molar-refractivity contribution in [2.75, 3.05) is 10.3 Å². The van der Waals surface area contributed by atoms with Crippen LogP contribution in [0.1, 0.15) is 58.1 Å². The highest BCUT2D eigenvalue weighted by molar-refractivity contribution is 5.82. The summed E-state index contributed by atoms with van der Waals surface area (Å²) in [5, 5.41) is 15.2. The molecular weight excluding hydrogens is 354 g/mol. The SMILES string of the molecule is CC(C)N1c2ccc(/C=N\Nc3ncccc3[N+](=O)[O-])cc2[C@H](C)CC1(C)C. The summed E-state index contributed by atoms with van der Waals surface area (Å²) in [6, 6.07) is 9.67. The standard InChI is InChI=1S/C21H27N5O2/c1-14(2)25-18-9-8-16(11-17(18)15(3)12-21(25,4)5)13-23-24-20-19(26(27)28)7-6-10-22-20/h6-11,13-15H,12H2,1-5H3,(H,22,24)/b23-13-/t15-/m1/s1. The zero-order chi connectivity index (χ0) is 20.5. The molecule has 1 N–H and O–H groups in total. The first-order valence-corrected chi connectivity index (χ1v) is 9.52. The van der Waals surface area contributed by atoms with Crippen molar-refractivity contribution < 1.29 is 4.92 Å². The summed E-state index contributed by atoms with van der Waals surface area (Å²) in [5.74, 6) is 0.570. The number of nitro groups is 1. The summed E-state index contributed by atoms with van der Waals surface area (Å²) < 4.78 is 0. The Kier molecular flexibility index (Phi) is 5.36. The molecule has 1 aliphatic rings. The van der Waals surface area contributed by atoms with E-state index in [2.05, 4.69) is 67.2 Å². The van der Waals surface area contributed by atoms with Crippen LogP contribution in [-0.2, 0) is 0 Å². The number of benzene rings is 1. The number of nitrogens with zero attached hydrogens (tertiary/aromatic N) is 4. The van der Waals surface area contributed by atoms with Crippen molar-refractivity contribution in [2.24, 2.45) is 5.10 Å². The third-order valence-electron chi connectivity index (χ3n) is 5.18. The number of anilines is 2. The molecule has 1 aliphatic heterocycles. The van der Waals surface area contributed by atoms with Gasteiger partial charge in [-0.15, -0.1) is 0 Å². The summed E-state index contributed by atoms with van der Waals surface area (Å²) in [4.78, 5) is 17.1. The van der Waals surface area contributed by atoms with Gasteiger partial charge in [0.1, 0.15) is 0 Å². The van der Waals surface area contributed by atoms with E-state index < -0.39 is 4.92 Å². The van der Waals surface area contributed by atoms with Crippen LogP contribution in [-0.4, -0.2) is 27.7 Å². The Labute approximate surface area is 165 Å². The minimum Gasteiger partial charge on any atom is -0.364 e. The predicted octanol–water partition coefficient (Wildman–Crippen LogP) is 4.94. The van der Waals surface area contributed by atoms with Gasteiger partial charge in [0.2, 0.25) is 5.82 Å². The quantitative estimate of drug-likeness (QED) is 0.451. The maximum Gasteiger partial charge on any atom is 0.313 e. The van der Waals surface area contributed by atoms with Gasteiger partial charge < -0.3 is 4.90 Å². The number of hydrogen-bond donors (Lipinski definition) is 1. The number of rotatable bonds is 5. The molecule has 1 aromatic carbocycles. The van der Waals surface area contributed by atoms with Crippen molar-refractivity contribution in [1.29, 1.82) is 0 Å². The summed E-state index contributed by atoms with van der Waals surface area (Å²) in [6.45, 7) is 11.3. The van der Waals surface area contributed by atoms with Crippen LogP contribution in [0.4, 0.5) is 17.2 Å². The normalized spacial score (nSPS) is 18.4. The fourth-order valence-corrected chi connectivity index (χ4v) is 4.33. The van der Waals surface area contributed by atoms with Crippen LogP contribution in [0.2, 0.25) is 0 Å². The summed E-state index contributed by atoms with van der Waals surface area (Å²) in [7, 11) is 0. The largest absolute Gasteiger partial charge is 0.364 e. The van der Waals surface area contributed by atoms with Crippen LogP contribution in [0.5, 0.6) is 0 Å². The third-order valence-corrected chi connectivity index (χ3v) is 5.18. The molecule has 0 bridgehead atoms. The fourth-order valence-electron chi connectivity index (χ4n) is 4.33. The Morgan fingerprint density at radius 3 is 2.82 bits per heavy atom. The zero-order valence-corrected chi connectivity index (χ0v) is 17.0. The van der Waals surface area contributed by atoms with Gasteiger partial charge >= 0.3 is 5.69 Å². The van der Waals surface area contributed by atoms with Gasteiger partial charge in [-0.25, -0.2) is 4.98 Å². The Balaban J connectivity index is 1.86. The molecule has 0 fully saturated rings. The number of fused-ring (bicyclic) bond motifs is 1. The monoisotopic (exact) mass is 381 g/mol. The summed E-state index contributed by atoms with van der Waals surface area (Å²) >= 11 is 0. The molecular formula is C21H27N5O2. The zero-order valence-electron chi connectivity index (χ0n) is 17.0. The van der Waals surface area contributed by atoms with E-state index in [4.69, 9.17) is 0 Å². The lowest BCUT2D eigenvalue weighted by Gasteiger charge is -2.50. The highest BCUT2D eigenvalue weighted by Gasteiger charge is 2.37. The van der Waals surface area contributed by atoms with E-state index in [0.29, 0.717) is 12.0 Å². The van der Waals surface area contributed by atoms with E-state index in [9.17, 15) is 10.1 Å². The van der Waals surface area contributed by atoms with Crippen molar-refractivity contribution in [3.63, 3.8) is 0 Å². The molecule has 0 aliphatic carbocycles. The summed E-state index contributed by atoms with van der Waals surface area (Å²) in [5.41, 5.74) is 6.20. The molecule has 0 amide bonds. The van der Waals surface area contributed by atoms with E-state index in [0.717, 1.165) is 12.0 Å². The van der Waals surface area contributed by atoms with E-state index in [-0.39, 0.29) is 17.0 Å². The van der Waals surface area contributed by atoms with Crippen LogP contribution in [0.25, 0.3) is 0 Å². The van der Waals surface area contributed by atoms with E-state index >= 15 is 0 Å². The first-order chi connectivity index (χ1) is 13.2. The molecule has 2 heterocycles. The van der Waals surface area contributed by atoms with Crippen LogP contribution >= 0.6 is 0 Å². The minimum absolute atomic E-state index is 0.103. The van der Waals surface area contributed by atoms with Crippen molar-refractivity contribution in [2.45, 2.75) is 58.5 Å². The van der Waals surface area contributed by atoms with Gasteiger partial charge in [-0.2, -0.15) is 5.10 Å². The molecule has 0 unspecified atom stereocenters. The lowest BCUT2D eigenvalue weighted by Crippen LogP contribution is -2.51. The van der Waals surface area contributed by atoms with Crippen molar-refractivity contribution in [3.8, 4) is 0 Å². The first-order valence-electron chi connectivity index (χ1n) is 9.52. The van der Waals surface area contributed by atoms with E-state index in [1.807, 2.05) is 6.07 Å². The number of nitrogens with one attached hydrogen (secondary N) is 1. The molecule has 0 saturated heterocycles. The van der Waals surface area contributed by atoms with Gasteiger partial charge in [-0.3, -0.25) is 15.5 Å². The number of pyridine rings is 1. The van der Waals surface area contributed by atoms with Gasteiger partial charge in [0.05, 0.1) is 11.1 Å². The maximum atomic E-state index is 11.1. The lowest BCUT2D eigenvalue weighted by atomic mass is 9.79. The van der Waals surface area contributed by atoms with Crippen LogP contribution in [0, 0.1) is 10.1 Å². The van der Waals surface area contributed by atoms with E-state index in [1.54, 1.807) is 6.21 Å². The van der Waals surface area contributed by atoms with Gasteiger partial charge in [0.15, 0.2) is 0 Å². The fraction of sp³-hybridized carbons (Fsp3) is 0.429. The smallest absolute Gasteiger partial charge is 0.313 e. The molecule has 148 valence electrons. The third kappa shape index (κ3) is 3.83. The lowest BCUT2D eigenvalue weighted by molar-refractivity contribution is -0.384. The van der Waals surface area contributed by atoms with Gasteiger partial charge in [0, 0.05) is 29.5 Å². The van der Waals surface area contributed by atoms with Crippen LogP contribution in [0.15, 0.2) is 41.6 Å². The molecule has 28 heavy (non-hydrogen) atoms. The first kappa shape index (κ1) is 19.8. The number of hydrazone groups is 1. The molecule has 0 radical (unpaired) electrons. The molecule has 0 spiro atoms. The van der Waals surface area contributed by atoms with Crippen molar-refractivity contribution in [3.05, 3.63) is 57.8 Å². The van der Waals surface area contributed by atoms with Gasteiger partial charge in [-0.05, 0) is 69.4 Å². The Morgan fingerprint density at radius 2 is 2.14 bits per heavy atom. The Bertz CT molecular complexity index is 907. The van der Waals surface area contributed by atoms with Gasteiger partial charge in [-0.1, -0.05) is 13.0 Å². The van der Waals surface area contributed by atoms with Crippen molar-refractivity contribution in [1.82, 2.24) is 4.98 Å². The molecule has 7 nitrogen and oxygen atoms in total. The van der Waals surface area contributed by atoms with Gasteiger partial charge in [0.25, 0.3) is 0 Å². The molecule has 1 atom stereocenters. The number of hydrogen-bond acceptors (Lipinski definition) is 6. The minimum atomic E-state index is -0.478. The van der Waals surface area contributed by atoms with Crippen LogP contribution < -0.4 is 10.3 Å². The van der Waals surface area contributed by atoms with Crippen molar-refractivity contribution >= 4 is 23.4 Å². The average Bonchev–Trinajstić information content (AvgIpc) is 2.61. The summed E-state index contributed by atoms with van der Waals surface area (Å²) in [6.07, 6.45) is 4.25. The highest BCUT2D eigenvalue weighted by atomic mass is 16.6. The molecule has 3 rings (SSSR count). The van der Waals surface area contributed by atoms with Crippen LogP contribution in [0.3, 0.4) is 0 Å². The Hall–Kier alpha value is -2.96. The second-order valence-corrected chi connectivity index (χ2v) is 8.20. The topological polar surface area (TPSA) is 83.7 Å². The average molecular weight is 381 g/mol. The highest BCUT2D eigenvalue weighted by Crippen LogP contribution is 2.44. The molecule has 1 aromatic heterocycles. The second-order valence-electron chi connectivity index (χ2n) is 8.20. The molecule has 2 aromatic rings. The second kappa shape index (κ2) is 7.58. The number of aromatic nitrogens is 1. The predicted molar refractivity (Wildman–Crippen MR) is 113 cm³/mol. The Morgan fingerprint density at radius 1 is 1.39 bits per heavy atom. The maximum absolute atomic E-state index is 11.1.